The van der Waals surface area contributed by atoms with Gasteiger partial charge in [-0.3, -0.25) is 4.99 Å². The number of fused-ring (bicyclic) bond motifs is 1. The van der Waals surface area contributed by atoms with Crippen LogP contribution in [0.3, 0.4) is 0 Å². The number of benzene rings is 1. The molecule has 0 unspecified atom stereocenters. The molecule has 1 aliphatic carbocycles. The summed E-state index contributed by atoms with van der Waals surface area (Å²) in [5.41, 5.74) is 2.90. The van der Waals surface area contributed by atoms with Crippen LogP contribution in [0.15, 0.2) is 65.7 Å². The van der Waals surface area contributed by atoms with Crippen LogP contribution in [0.2, 0.25) is 0 Å². The lowest BCUT2D eigenvalue weighted by molar-refractivity contribution is 0.977. The Labute approximate surface area is 109 Å². The van der Waals surface area contributed by atoms with E-state index in [2.05, 4.69) is 53.6 Å². The van der Waals surface area contributed by atoms with Gasteiger partial charge < -0.3 is 0 Å². The zero-order valence-electron chi connectivity index (χ0n) is 10.6. The van der Waals surface area contributed by atoms with Crippen molar-refractivity contribution in [3.63, 3.8) is 0 Å². The van der Waals surface area contributed by atoms with Crippen LogP contribution in [0.4, 0.5) is 0 Å². The molecule has 0 fully saturated rings. The summed E-state index contributed by atoms with van der Waals surface area (Å²) in [5.74, 6) is 0. The van der Waals surface area contributed by atoms with E-state index in [0.29, 0.717) is 0 Å². The minimum Gasteiger partial charge on any atom is -0.297 e. The molecule has 1 heterocycles. The topological polar surface area (TPSA) is 12.4 Å². The summed E-state index contributed by atoms with van der Waals surface area (Å²) in [7, 11) is 0. The SMILES string of the molecule is C1=CC=CCC=C1.C1=NCCc2ccccc2C1. The van der Waals surface area contributed by atoms with E-state index in [4.69, 9.17) is 0 Å². The minimum atomic E-state index is 0.955. The zero-order chi connectivity index (χ0) is 12.5. The molecule has 0 saturated heterocycles. The van der Waals surface area contributed by atoms with E-state index in [1.165, 1.54) is 11.1 Å². The third-order valence-electron chi connectivity index (χ3n) is 2.95. The molecule has 0 saturated carbocycles. The first-order valence-corrected chi connectivity index (χ1v) is 6.50. The standard InChI is InChI=1S/C10H11N.C7H8/c1-2-4-10-6-8-11-7-5-9(10)3-1;1-2-4-6-7-5-3-1/h1-4,7H,5-6,8H2;1-6H,7H2. The van der Waals surface area contributed by atoms with Gasteiger partial charge >= 0.3 is 0 Å². The molecule has 0 N–H and O–H groups in total. The van der Waals surface area contributed by atoms with Crippen LogP contribution >= 0.6 is 0 Å². The van der Waals surface area contributed by atoms with Crippen molar-refractivity contribution in [2.75, 3.05) is 6.54 Å². The van der Waals surface area contributed by atoms with E-state index in [1.807, 2.05) is 18.4 Å². The highest BCUT2D eigenvalue weighted by Crippen LogP contribution is 2.11. The van der Waals surface area contributed by atoms with Crippen molar-refractivity contribution in [2.24, 2.45) is 4.99 Å². The highest BCUT2D eigenvalue weighted by molar-refractivity contribution is 5.63. The van der Waals surface area contributed by atoms with Gasteiger partial charge in [-0.05, 0) is 24.0 Å². The summed E-state index contributed by atoms with van der Waals surface area (Å²) < 4.78 is 0. The van der Waals surface area contributed by atoms with Crippen LogP contribution in [0, 0.1) is 0 Å². The van der Waals surface area contributed by atoms with Crippen molar-refractivity contribution in [1.82, 2.24) is 0 Å². The van der Waals surface area contributed by atoms with Crippen LogP contribution in [0.5, 0.6) is 0 Å². The van der Waals surface area contributed by atoms with Gasteiger partial charge in [0.1, 0.15) is 0 Å². The summed E-state index contributed by atoms with van der Waals surface area (Å²) in [6.07, 6.45) is 17.6. The Hall–Kier alpha value is -1.89. The van der Waals surface area contributed by atoms with Crippen molar-refractivity contribution in [1.29, 1.82) is 0 Å². The normalized spacial score (nSPS) is 16.2. The second-order valence-corrected chi connectivity index (χ2v) is 4.29. The number of allylic oxidation sites excluding steroid dienone is 6. The van der Waals surface area contributed by atoms with Crippen molar-refractivity contribution < 1.29 is 0 Å². The first-order valence-electron chi connectivity index (χ1n) is 6.50. The lowest BCUT2D eigenvalue weighted by Gasteiger charge is -2.01. The van der Waals surface area contributed by atoms with Gasteiger partial charge in [0, 0.05) is 19.2 Å². The number of hydrogen-bond donors (Lipinski definition) is 0. The first-order chi connectivity index (χ1) is 8.97. The Morgan fingerprint density at radius 1 is 0.833 bits per heavy atom. The summed E-state index contributed by atoms with van der Waals surface area (Å²) in [4.78, 5) is 4.26. The minimum absolute atomic E-state index is 0.955. The first kappa shape index (κ1) is 12.6. The Kier molecular flexibility index (Phi) is 5.19. The average molecular weight is 237 g/mol. The van der Waals surface area contributed by atoms with Gasteiger partial charge in [-0.1, -0.05) is 60.7 Å². The van der Waals surface area contributed by atoms with E-state index in [1.54, 1.807) is 0 Å². The summed E-state index contributed by atoms with van der Waals surface area (Å²) in [6.45, 7) is 0.955. The summed E-state index contributed by atoms with van der Waals surface area (Å²) in [6, 6.07) is 8.58. The Morgan fingerprint density at radius 3 is 2.33 bits per heavy atom. The molecular weight excluding hydrogens is 218 g/mol. The molecule has 18 heavy (non-hydrogen) atoms. The highest BCUT2D eigenvalue weighted by atomic mass is 14.7. The maximum absolute atomic E-state index is 4.26. The van der Waals surface area contributed by atoms with Crippen LogP contribution in [-0.4, -0.2) is 12.8 Å². The predicted octanol–water partition coefficient (Wildman–Crippen LogP) is 3.91. The van der Waals surface area contributed by atoms with E-state index >= 15 is 0 Å². The number of aliphatic imine (C=N–C) groups is 1. The van der Waals surface area contributed by atoms with E-state index in [-0.39, 0.29) is 0 Å². The molecule has 0 spiro atoms. The lowest BCUT2D eigenvalue weighted by atomic mass is 10.0. The fourth-order valence-corrected chi connectivity index (χ4v) is 1.96. The summed E-state index contributed by atoms with van der Waals surface area (Å²) in [5, 5.41) is 0. The molecule has 1 nitrogen and oxygen atoms in total. The number of rotatable bonds is 0. The van der Waals surface area contributed by atoms with Gasteiger partial charge in [0.15, 0.2) is 0 Å². The molecule has 3 rings (SSSR count). The summed E-state index contributed by atoms with van der Waals surface area (Å²) >= 11 is 0. The van der Waals surface area contributed by atoms with E-state index < -0.39 is 0 Å². The Bertz CT molecular complexity index is 464. The molecule has 0 atom stereocenters. The maximum atomic E-state index is 4.26. The second-order valence-electron chi connectivity index (χ2n) is 4.29. The van der Waals surface area contributed by atoms with Crippen LogP contribution in [-0.2, 0) is 12.8 Å². The van der Waals surface area contributed by atoms with E-state index in [9.17, 15) is 0 Å². The lowest BCUT2D eigenvalue weighted by Crippen LogP contribution is -1.91. The maximum Gasteiger partial charge on any atom is 0.0426 e. The molecule has 0 amide bonds. The van der Waals surface area contributed by atoms with Crippen molar-refractivity contribution in [3.05, 3.63) is 71.8 Å². The molecule has 0 aromatic heterocycles. The van der Waals surface area contributed by atoms with Gasteiger partial charge in [0.25, 0.3) is 0 Å². The third-order valence-corrected chi connectivity index (χ3v) is 2.95. The molecule has 2 aliphatic rings. The molecule has 1 aromatic rings. The zero-order valence-corrected chi connectivity index (χ0v) is 10.6. The fraction of sp³-hybridized carbons (Fsp3) is 0.235. The predicted molar refractivity (Wildman–Crippen MR) is 79.2 cm³/mol. The molecule has 0 radical (unpaired) electrons. The van der Waals surface area contributed by atoms with Gasteiger partial charge in [-0.25, -0.2) is 0 Å². The van der Waals surface area contributed by atoms with Crippen LogP contribution in [0.25, 0.3) is 0 Å². The van der Waals surface area contributed by atoms with Crippen LogP contribution in [0.1, 0.15) is 17.5 Å². The molecule has 0 bridgehead atoms. The van der Waals surface area contributed by atoms with Gasteiger partial charge in [-0.2, -0.15) is 0 Å². The third kappa shape index (κ3) is 4.17. The molecule has 92 valence electrons. The van der Waals surface area contributed by atoms with Gasteiger partial charge in [-0.15, -0.1) is 0 Å². The monoisotopic (exact) mass is 237 g/mol. The second kappa shape index (κ2) is 7.44. The largest absolute Gasteiger partial charge is 0.297 e. The van der Waals surface area contributed by atoms with E-state index in [0.717, 1.165) is 25.8 Å². The average Bonchev–Trinajstić information content (AvgIpc) is 2.84. The van der Waals surface area contributed by atoms with Crippen LogP contribution < -0.4 is 0 Å². The quantitative estimate of drug-likeness (QED) is 0.648. The van der Waals surface area contributed by atoms with Crippen molar-refractivity contribution in [3.8, 4) is 0 Å². The molecule has 1 heteroatoms. The number of nitrogens with zero attached hydrogens (tertiary/aromatic N) is 1. The smallest absolute Gasteiger partial charge is 0.0426 e. The van der Waals surface area contributed by atoms with Crippen molar-refractivity contribution >= 4 is 6.21 Å². The molecular formula is C17H19N. The Morgan fingerprint density at radius 2 is 1.56 bits per heavy atom. The van der Waals surface area contributed by atoms with Crippen molar-refractivity contribution in [2.45, 2.75) is 19.3 Å². The highest BCUT2D eigenvalue weighted by Gasteiger charge is 2.01. The fourth-order valence-electron chi connectivity index (χ4n) is 1.96. The molecule has 1 aromatic carbocycles. The Balaban J connectivity index is 0.000000149. The van der Waals surface area contributed by atoms with Gasteiger partial charge in [0.05, 0.1) is 0 Å². The van der Waals surface area contributed by atoms with Gasteiger partial charge in [0.2, 0.25) is 0 Å². The molecule has 1 aliphatic heterocycles. The number of hydrogen-bond acceptors (Lipinski definition) is 1.